The normalized spacial score (nSPS) is 10.7. The lowest BCUT2D eigenvalue weighted by Gasteiger charge is -2.16. The van der Waals surface area contributed by atoms with E-state index in [1.54, 1.807) is 11.3 Å². The molecular formula is C19H23N5O4S. The highest BCUT2D eigenvalue weighted by molar-refractivity contribution is 7.09. The van der Waals surface area contributed by atoms with Gasteiger partial charge in [0, 0.05) is 30.1 Å². The molecule has 4 N–H and O–H groups in total. The van der Waals surface area contributed by atoms with Crippen molar-refractivity contribution < 1.29 is 18.9 Å². The number of rotatable bonds is 11. The largest absolute Gasteiger partial charge is 0.490 e. The summed E-state index contributed by atoms with van der Waals surface area (Å²) in [4.78, 5) is 13.0. The monoisotopic (exact) mass is 417 g/mol. The summed E-state index contributed by atoms with van der Waals surface area (Å²) in [5.41, 5.74) is 6.46. The summed E-state index contributed by atoms with van der Waals surface area (Å²) in [6, 6.07) is 9.85. The second kappa shape index (κ2) is 10.4. The summed E-state index contributed by atoms with van der Waals surface area (Å²) in [5, 5.41) is 14.9. The van der Waals surface area contributed by atoms with Crippen molar-refractivity contribution in [2.75, 3.05) is 25.4 Å². The van der Waals surface area contributed by atoms with Crippen LogP contribution in [0.3, 0.4) is 0 Å². The number of anilines is 1. The van der Waals surface area contributed by atoms with Gasteiger partial charge < -0.3 is 25.8 Å². The Morgan fingerprint density at radius 1 is 1.21 bits per heavy atom. The Morgan fingerprint density at radius 3 is 2.83 bits per heavy atom. The molecule has 0 saturated heterocycles. The number of nitrogens with two attached hydrogens (primary N) is 1. The van der Waals surface area contributed by atoms with Gasteiger partial charge >= 0.3 is 0 Å². The number of nitrogen functional groups attached to an aromatic ring is 1. The Labute approximate surface area is 172 Å². The van der Waals surface area contributed by atoms with Crippen molar-refractivity contribution in [3.05, 3.63) is 51.8 Å². The lowest BCUT2D eigenvalue weighted by atomic mass is 10.2. The van der Waals surface area contributed by atoms with E-state index in [1.807, 2.05) is 42.6 Å². The van der Waals surface area contributed by atoms with Crippen LogP contribution in [-0.4, -0.2) is 35.9 Å². The smallest absolute Gasteiger partial charge is 0.277 e. The van der Waals surface area contributed by atoms with E-state index in [2.05, 4.69) is 25.6 Å². The molecule has 10 heteroatoms. The van der Waals surface area contributed by atoms with Crippen LogP contribution < -0.4 is 25.8 Å². The van der Waals surface area contributed by atoms with Crippen LogP contribution in [-0.2, 0) is 13.2 Å². The van der Waals surface area contributed by atoms with Crippen LogP contribution in [0.5, 0.6) is 11.5 Å². The predicted octanol–water partition coefficient (Wildman–Crippen LogP) is 2.21. The van der Waals surface area contributed by atoms with Gasteiger partial charge in [-0.1, -0.05) is 18.2 Å². The van der Waals surface area contributed by atoms with Gasteiger partial charge in [0.2, 0.25) is 11.5 Å². The summed E-state index contributed by atoms with van der Waals surface area (Å²) in [7, 11) is 0. The van der Waals surface area contributed by atoms with Crippen molar-refractivity contribution >= 4 is 23.1 Å². The van der Waals surface area contributed by atoms with Crippen LogP contribution in [0.4, 0.5) is 5.82 Å². The van der Waals surface area contributed by atoms with E-state index in [0.29, 0.717) is 38.6 Å². The van der Waals surface area contributed by atoms with Crippen molar-refractivity contribution in [3.63, 3.8) is 0 Å². The maximum Gasteiger partial charge on any atom is 0.277 e. The molecule has 0 atom stereocenters. The van der Waals surface area contributed by atoms with E-state index in [4.69, 9.17) is 15.2 Å². The van der Waals surface area contributed by atoms with Crippen molar-refractivity contribution in [2.45, 2.75) is 20.1 Å². The van der Waals surface area contributed by atoms with Crippen molar-refractivity contribution in [3.8, 4) is 11.5 Å². The molecule has 3 rings (SSSR count). The minimum atomic E-state index is -0.427. The van der Waals surface area contributed by atoms with Crippen LogP contribution >= 0.6 is 11.3 Å². The summed E-state index contributed by atoms with van der Waals surface area (Å²) >= 11 is 1.65. The van der Waals surface area contributed by atoms with Gasteiger partial charge in [0.15, 0.2) is 11.5 Å². The number of para-hydroxylation sites is 1. The first-order valence-corrected chi connectivity index (χ1v) is 10.0. The Morgan fingerprint density at radius 2 is 2.10 bits per heavy atom. The maximum absolute atomic E-state index is 11.9. The molecule has 0 fully saturated rings. The molecule has 0 unspecified atom stereocenters. The van der Waals surface area contributed by atoms with Gasteiger partial charge in [-0.2, -0.15) is 0 Å². The van der Waals surface area contributed by atoms with E-state index in [1.165, 1.54) is 0 Å². The van der Waals surface area contributed by atoms with Crippen molar-refractivity contribution in [1.82, 2.24) is 20.9 Å². The number of nitrogens with one attached hydrogen (secondary N) is 2. The lowest BCUT2D eigenvalue weighted by molar-refractivity contribution is 0.0944. The number of amides is 1. The quantitative estimate of drug-likeness (QED) is 0.406. The molecule has 9 nitrogen and oxygen atoms in total. The van der Waals surface area contributed by atoms with Crippen LogP contribution in [0, 0.1) is 0 Å². The van der Waals surface area contributed by atoms with Gasteiger partial charge in [0.05, 0.1) is 6.61 Å². The SMILES string of the molecule is CCOc1cccc(CNCCNC(=O)c2nonc2N)c1OCc1cccs1. The van der Waals surface area contributed by atoms with Gasteiger partial charge in [-0.15, -0.1) is 11.3 Å². The van der Waals surface area contributed by atoms with Crippen LogP contribution in [0.25, 0.3) is 0 Å². The zero-order chi connectivity index (χ0) is 20.5. The average Bonchev–Trinajstić information content (AvgIpc) is 3.39. The first-order chi connectivity index (χ1) is 14.2. The Balaban J connectivity index is 1.53. The molecule has 154 valence electrons. The molecule has 0 bridgehead atoms. The molecule has 0 aliphatic heterocycles. The number of nitrogens with zero attached hydrogens (tertiary/aromatic N) is 2. The van der Waals surface area contributed by atoms with Gasteiger partial charge in [-0.3, -0.25) is 4.79 Å². The summed E-state index contributed by atoms with van der Waals surface area (Å²) in [6.45, 7) is 4.47. The molecule has 0 aliphatic rings. The Hall–Kier alpha value is -3.11. The fourth-order valence-corrected chi connectivity index (χ4v) is 3.21. The maximum atomic E-state index is 11.9. The summed E-state index contributed by atoms with van der Waals surface area (Å²) < 4.78 is 16.2. The summed E-state index contributed by atoms with van der Waals surface area (Å²) in [6.07, 6.45) is 0. The van der Waals surface area contributed by atoms with Gasteiger partial charge in [0.1, 0.15) is 6.61 Å². The number of carbonyl (C=O) groups is 1. The number of hydrogen-bond donors (Lipinski definition) is 3. The average molecular weight is 417 g/mol. The van der Waals surface area contributed by atoms with Gasteiger partial charge in [0.25, 0.3) is 5.91 Å². The minimum absolute atomic E-state index is 0.0151. The van der Waals surface area contributed by atoms with E-state index in [-0.39, 0.29) is 11.5 Å². The second-order valence-electron chi connectivity index (χ2n) is 5.98. The molecule has 0 spiro atoms. The molecule has 2 aromatic heterocycles. The third-order valence-corrected chi connectivity index (χ3v) is 4.78. The topological polar surface area (TPSA) is 125 Å². The standard InChI is InChI=1S/C19H23N5O4S/c1-2-26-15-7-3-5-13(17(15)27-12-14-6-4-10-29-14)11-21-8-9-22-19(25)16-18(20)24-28-23-16/h3-7,10,21H,2,8-9,11-12H2,1H3,(H2,20,24)(H,22,25). The number of hydrogen-bond acceptors (Lipinski definition) is 9. The Kier molecular flexibility index (Phi) is 7.42. The Bertz CT molecular complexity index is 913. The highest BCUT2D eigenvalue weighted by atomic mass is 32.1. The van der Waals surface area contributed by atoms with Crippen LogP contribution in [0.1, 0.15) is 27.9 Å². The molecular weight excluding hydrogens is 394 g/mol. The third-order valence-electron chi connectivity index (χ3n) is 3.93. The fourth-order valence-electron chi connectivity index (χ4n) is 2.60. The number of carbonyl (C=O) groups excluding carboxylic acids is 1. The molecule has 1 aromatic carbocycles. The van der Waals surface area contributed by atoms with Gasteiger partial charge in [-0.25, -0.2) is 4.63 Å². The molecule has 0 radical (unpaired) electrons. The predicted molar refractivity (Wildman–Crippen MR) is 109 cm³/mol. The molecule has 29 heavy (non-hydrogen) atoms. The lowest BCUT2D eigenvalue weighted by Crippen LogP contribution is -2.32. The molecule has 1 amide bonds. The number of benzene rings is 1. The highest BCUT2D eigenvalue weighted by Gasteiger charge is 2.15. The zero-order valence-corrected chi connectivity index (χ0v) is 16.8. The summed E-state index contributed by atoms with van der Waals surface area (Å²) in [5.74, 6) is 0.978. The first kappa shape index (κ1) is 20.6. The number of aromatic nitrogens is 2. The number of thiophene rings is 1. The first-order valence-electron chi connectivity index (χ1n) is 9.15. The van der Waals surface area contributed by atoms with E-state index >= 15 is 0 Å². The van der Waals surface area contributed by atoms with Crippen LogP contribution in [0.15, 0.2) is 40.3 Å². The minimum Gasteiger partial charge on any atom is -0.490 e. The third kappa shape index (κ3) is 5.69. The second-order valence-corrected chi connectivity index (χ2v) is 7.01. The van der Waals surface area contributed by atoms with E-state index < -0.39 is 5.91 Å². The van der Waals surface area contributed by atoms with E-state index in [0.717, 1.165) is 16.2 Å². The van der Waals surface area contributed by atoms with E-state index in [9.17, 15) is 4.79 Å². The molecule has 0 aliphatic carbocycles. The van der Waals surface area contributed by atoms with Gasteiger partial charge in [-0.05, 0) is 34.7 Å². The van der Waals surface area contributed by atoms with Crippen molar-refractivity contribution in [1.29, 1.82) is 0 Å². The highest BCUT2D eigenvalue weighted by Crippen LogP contribution is 2.32. The van der Waals surface area contributed by atoms with Crippen LogP contribution in [0.2, 0.25) is 0 Å². The number of ether oxygens (including phenoxy) is 2. The van der Waals surface area contributed by atoms with Crippen molar-refractivity contribution in [2.24, 2.45) is 0 Å². The molecule has 3 aromatic rings. The molecule has 0 saturated carbocycles. The molecule has 2 heterocycles. The zero-order valence-electron chi connectivity index (χ0n) is 16.0. The fraction of sp³-hybridized carbons (Fsp3) is 0.316.